The van der Waals surface area contributed by atoms with Crippen LogP contribution >= 0.6 is 27.7 Å². The maximum atomic E-state index is 13.0. The number of rotatable bonds is 5. The van der Waals surface area contributed by atoms with Gasteiger partial charge < -0.3 is 5.32 Å². The number of benzene rings is 1. The van der Waals surface area contributed by atoms with Crippen molar-refractivity contribution in [2.45, 2.75) is 6.92 Å². The molecular formula is C12H15BrFNOS. The summed E-state index contributed by atoms with van der Waals surface area (Å²) in [5.41, 5.74) is 0.467. The maximum absolute atomic E-state index is 13.0. The molecule has 0 aliphatic rings. The van der Waals surface area contributed by atoms with Crippen LogP contribution in [0.3, 0.4) is 0 Å². The second-order valence-electron chi connectivity index (χ2n) is 3.90. The Morgan fingerprint density at radius 2 is 2.29 bits per heavy atom. The number of nitrogens with one attached hydrogen (secondary N) is 1. The molecular weight excluding hydrogens is 305 g/mol. The Morgan fingerprint density at radius 1 is 1.59 bits per heavy atom. The molecule has 0 saturated heterocycles. The van der Waals surface area contributed by atoms with Gasteiger partial charge in [-0.15, -0.1) is 0 Å². The van der Waals surface area contributed by atoms with E-state index < -0.39 is 0 Å². The van der Waals surface area contributed by atoms with Gasteiger partial charge in [0.05, 0.1) is 4.47 Å². The van der Waals surface area contributed by atoms with Gasteiger partial charge >= 0.3 is 0 Å². The van der Waals surface area contributed by atoms with E-state index in [-0.39, 0.29) is 11.7 Å². The van der Waals surface area contributed by atoms with E-state index in [9.17, 15) is 9.18 Å². The van der Waals surface area contributed by atoms with Gasteiger partial charge in [-0.2, -0.15) is 11.8 Å². The molecule has 0 radical (unpaired) electrons. The summed E-state index contributed by atoms with van der Waals surface area (Å²) in [5.74, 6) is 0.904. The second kappa shape index (κ2) is 7.01. The van der Waals surface area contributed by atoms with Crippen molar-refractivity contribution in [2.24, 2.45) is 5.92 Å². The molecule has 1 rings (SSSR count). The zero-order chi connectivity index (χ0) is 12.8. The molecule has 0 saturated carbocycles. The van der Waals surface area contributed by atoms with Gasteiger partial charge in [-0.25, -0.2) is 4.39 Å². The Hall–Kier alpha value is -0.550. The molecule has 0 fully saturated rings. The van der Waals surface area contributed by atoms with Gasteiger partial charge in [0, 0.05) is 12.1 Å². The van der Waals surface area contributed by atoms with E-state index in [0.29, 0.717) is 22.5 Å². The van der Waals surface area contributed by atoms with Gasteiger partial charge in [0.2, 0.25) is 0 Å². The van der Waals surface area contributed by atoms with Gasteiger partial charge in [0.15, 0.2) is 0 Å². The van der Waals surface area contributed by atoms with Crippen molar-refractivity contribution in [3.63, 3.8) is 0 Å². The third-order valence-corrected chi connectivity index (χ3v) is 3.75. The van der Waals surface area contributed by atoms with Crippen molar-refractivity contribution in [2.75, 3.05) is 18.6 Å². The largest absolute Gasteiger partial charge is 0.352 e. The highest BCUT2D eigenvalue weighted by Crippen LogP contribution is 2.16. The molecule has 0 aromatic heterocycles. The Labute approximate surface area is 113 Å². The number of hydrogen-bond donors (Lipinski definition) is 1. The van der Waals surface area contributed by atoms with E-state index in [1.165, 1.54) is 18.2 Å². The Kier molecular flexibility index (Phi) is 5.98. The molecule has 1 unspecified atom stereocenters. The van der Waals surface area contributed by atoms with E-state index in [2.05, 4.69) is 28.2 Å². The number of thioether (sulfide) groups is 1. The van der Waals surface area contributed by atoms with Crippen LogP contribution in [0.4, 0.5) is 4.39 Å². The van der Waals surface area contributed by atoms with Gasteiger partial charge in [-0.3, -0.25) is 4.79 Å². The number of halogens is 2. The predicted molar refractivity (Wildman–Crippen MR) is 74.0 cm³/mol. The Morgan fingerprint density at radius 3 is 2.88 bits per heavy atom. The van der Waals surface area contributed by atoms with Crippen LogP contribution in [0.15, 0.2) is 22.7 Å². The minimum absolute atomic E-state index is 0.168. The van der Waals surface area contributed by atoms with Crippen molar-refractivity contribution < 1.29 is 9.18 Å². The SMILES string of the molecule is CSCC(C)CNC(=O)c1ccc(F)c(Br)c1. The zero-order valence-corrected chi connectivity index (χ0v) is 12.2. The van der Waals surface area contributed by atoms with Crippen LogP contribution in [-0.2, 0) is 0 Å². The van der Waals surface area contributed by atoms with Crippen LogP contribution in [0.5, 0.6) is 0 Å². The first-order valence-corrected chi connectivity index (χ1v) is 7.45. The molecule has 0 heterocycles. The molecule has 94 valence electrons. The summed E-state index contributed by atoms with van der Waals surface area (Å²) in [4.78, 5) is 11.8. The second-order valence-corrected chi connectivity index (χ2v) is 5.66. The van der Waals surface area contributed by atoms with Crippen LogP contribution in [0, 0.1) is 11.7 Å². The number of carbonyl (C=O) groups excluding carboxylic acids is 1. The fourth-order valence-electron chi connectivity index (χ4n) is 1.35. The molecule has 1 aromatic rings. The first-order chi connectivity index (χ1) is 8.04. The molecule has 17 heavy (non-hydrogen) atoms. The third kappa shape index (κ3) is 4.68. The lowest BCUT2D eigenvalue weighted by atomic mass is 10.2. The van der Waals surface area contributed by atoms with E-state index >= 15 is 0 Å². The summed E-state index contributed by atoms with van der Waals surface area (Å²) in [7, 11) is 0. The molecule has 0 spiro atoms. The van der Waals surface area contributed by atoms with Gasteiger partial charge in [-0.05, 0) is 52.1 Å². The lowest BCUT2D eigenvalue weighted by Crippen LogP contribution is -2.29. The molecule has 2 nitrogen and oxygen atoms in total. The highest BCUT2D eigenvalue weighted by Gasteiger charge is 2.09. The number of hydrogen-bond acceptors (Lipinski definition) is 2. The molecule has 0 bridgehead atoms. The molecule has 1 aromatic carbocycles. The highest BCUT2D eigenvalue weighted by molar-refractivity contribution is 9.10. The molecule has 1 N–H and O–H groups in total. The molecule has 5 heteroatoms. The minimum atomic E-state index is -0.364. The average Bonchev–Trinajstić information content (AvgIpc) is 2.30. The van der Waals surface area contributed by atoms with E-state index in [4.69, 9.17) is 0 Å². The van der Waals surface area contributed by atoms with E-state index in [1.54, 1.807) is 11.8 Å². The zero-order valence-electron chi connectivity index (χ0n) is 9.80. The quantitative estimate of drug-likeness (QED) is 0.902. The van der Waals surface area contributed by atoms with Gasteiger partial charge in [0.1, 0.15) is 5.82 Å². The van der Waals surface area contributed by atoms with Crippen LogP contribution < -0.4 is 5.32 Å². The van der Waals surface area contributed by atoms with Crippen molar-refractivity contribution in [1.29, 1.82) is 0 Å². The summed E-state index contributed by atoms with van der Waals surface area (Å²) >= 11 is 4.81. The van der Waals surface area contributed by atoms with Crippen molar-refractivity contribution in [1.82, 2.24) is 5.32 Å². The number of amides is 1. The van der Waals surface area contributed by atoms with Crippen molar-refractivity contribution >= 4 is 33.6 Å². The van der Waals surface area contributed by atoms with Gasteiger partial charge in [-0.1, -0.05) is 6.92 Å². The Balaban J connectivity index is 2.55. The molecule has 0 aliphatic carbocycles. The van der Waals surface area contributed by atoms with E-state index in [1.807, 2.05) is 6.26 Å². The first kappa shape index (κ1) is 14.5. The molecule has 1 atom stereocenters. The summed E-state index contributed by atoms with van der Waals surface area (Å²) in [6.07, 6.45) is 2.04. The van der Waals surface area contributed by atoms with Gasteiger partial charge in [0.25, 0.3) is 5.91 Å². The van der Waals surface area contributed by atoms with Crippen molar-refractivity contribution in [3.05, 3.63) is 34.1 Å². The van der Waals surface area contributed by atoms with Crippen molar-refractivity contribution in [3.8, 4) is 0 Å². The highest BCUT2D eigenvalue weighted by atomic mass is 79.9. The lowest BCUT2D eigenvalue weighted by molar-refractivity contribution is 0.0949. The Bertz CT molecular complexity index is 400. The molecule has 0 aliphatic heterocycles. The van der Waals surface area contributed by atoms with Crippen LogP contribution in [0.25, 0.3) is 0 Å². The van der Waals surface area contributed by atoms with Crippen LogP contribution in [-0.4, -0.2) is 24.5 Å². The lowest BCUT2D eigenvalue weighted by Gasteiger charge is -2.11. The summed E-state index contributed by atoms with van der Waals surface area (Å²) in [5, 5.41) is 2.83. The average molecular weight is 320 g/mol. The monoisotopic (exact) mass is 319 g/mol. The minimum Gasteiger partial charge on any atom is -0.352 e. The summed E-state index contributed by atoms with van der Waals surface area (Å²) in [6.45, 7) is 2.71. The van der Waals surface area contributed by atoms with Crippen LogP contribution in [0.1, 0.15) is 17.3 Å². The predicted octanol–water partition coefficient (Wildman–Crippen LogP) is 3.32. The normalized spacial score (nSPS) is 12.2. The first-order valence-electron chi connectivity index (χ1n) is 5.26. The fourth-order valence-corrected chi connectivity index (χ4v) is 2.42. The third-order valence-electron chi connectivity index (χ3n) is 2.24. The topological polar surface area (TPSA) is 29.1 Å². The molecule has 1 amide bonds. The maximum Gasteiger partial charge on any atom is 0.251 e. The van der Waals surface area contributed by atoms with E-state index in [0.717, 1.165) is 5.75 Å². The fraction of sp³-hybridized carbons (Fsp3) is 0.417. The smallest absolute Gasteiger partial charge is 0.251 e. The van der Waals surface area contributed by atoms with Crippen LogP contribution in [0.2, 0.25) is 0 Å². The summed E-state index contributed by atoms with van der Waals surface area (Å²) in [6, 6.07) is 4.25. The standard InChI is InChI=1S/C12H15BrFNOS/c1-8(7-17-2)6-15-12(16)9-3-4-11(14)10(13)5-9/h3-5,8H,6-7H2,1-2H3,(H,15,16). The number of carbonyl (C=O) groups is 1. The summed E-state index contributed by atoms with van der Waals surface area (Å²) < 4.78 is 13.3.